The Morgan fingerprint density at radius 3 is 2.73 bits per heavy atom. The first-order valence-electron chi connectivity index (χ1n) is 9.25. The monoisotopic (exact) mass is 401 g/mol. The molecular formula is C20H15N7O3. The third-order valence-corrected chi connectivity index (χ3v) is 5.13. The second-order valence-electron chi connectivity index (χ2n) is 6.88. The van der Waals surface area contributed by atoms with Crippen molar-refractivity contribution in [3.05, 3.63) is 48.4 Å². The van der Waals surface area contributed by atoms with E-state index in [1.807, 2.05) is 55.2 Å². The van der Waals surface area contributed by atoms with Gasteiger partial charge in [0.25, 0.3) is 5.89 Å². The van der Waals surface area contributed by atoms with Crippen LogP contribution in [0.5, 0.6) is 11.5 Å². The van der Waals surface area contributed by atoms with Crippen LogP contribution in [0.4, 0.5) is 0 Å². The van der Waals surface area contributed by atoms with Crippen molar-refractivity contribution in [1.82, 2.24) is 34.6 Å². The van der Waals surface area contributed by atoms with E-state index in [4.69, 9.17) is 13.9 Å². The number of benzene rings is 1. The number of hydrogen-bond donors (Lipinski definition) is 0. The van der Waals surface area contributed by atoms with Gasteiger partial charge in [-0.2, -0.15) is 10.2 Å². The molecule has 1 aliphatic rings. The second-order valence-corrected chi connectivity index (χ2v) is 6.88. The van der Waals surface area contributed by atoms with Gasteiger partial charge in [-0.3, -0.25) is 4.68 Å². The van der Waals surface area contributed by atoms with E-state index >= 15 is 0 Å². The van der Waals surface area contributed by atoms with Gasteiger partial charge in [-0.15, -0.1) is 10.2 Å². The number of nitrogens with zero attached hydrogens (tertiary/aromatic N) is 7. The highest BCUT2D eigenvalue weighted by Gasteiger charge is 2.19. The van der Waals surface area contributed by atoms with Crippen molar-refractivity contribution in [3.63, 3.8) is 0 Å². The van der Waals surface area contributed by atoms with Gasteiger partial charge in [0.1, 0.15) is 0 Å². The number of rotatable bonds is 3. The minimum absolute atomic E-state index is 0.209. The average Bonchev–Trinajstić information content (AvgIpc) is 3.54. The first-order chi connectivity index (χ1) is 14.7. The van der Waals surface area contributed by atoms with Gasteiger partial charge in [-0.25, -0.2) is 9.50 Å². The Hall–Kier alpha value is -4.21. The van der Waals surface area contributed by atoms with Crippen LogP contribution in [-0.2, 0) is 7.05 Å². The molecule has 0 bridgehead atoms. The molecule has 1 aliphatic heterocycles. The molecule has 0 unspecified atom stereocenters. The summed E-state index contributed by atoms with van der Waals surface area (Å²) >= 11 is 0. The lowest BCUT2D eigenvalue weighted by Gasteiger charge is -2.03. The maximum atomic E-state index is 5.88. The summed E-state index contributed by atoms with van der Waals surface area (Å²) < 4.78 is 20.2. The van der Waals surface area contributed by atoms with Gasteiger partial charge < -0.3 is 13.9 Å². The van der Waals surface area contributed by atoms with E-state index in [1.54, 1.807) is 10.7 Å². The molecule has 5 heterocycles. The molecule has 0 radical (unpaired) electrons. The Morgan fingerprint density at radius 2 is 1.87 bits per heavy atom. The smallest absolute Gasteiger partial charge is 0.268 e. The summed E-state index contributed by atoms with van der Waals surface area (Å²) in [5, 5.41) is 17.3. The maximum Gasteiger partial charge on any atom is 0.268 e. The lowest BCUT2D eigenvalue weighted by molar-refractivity contribution is 0.174. The molecule has 10 nitrogen and oxygen atoms in total. The predicted molar refractivity (Wildman–Crippen MR) is 105 cm³/mol. The minimum atomic E-state index is 0.209. The fourth-order valence-corrected chi connectivity index (χ4v) is 3.43. The topological polar surface area (TPSA) is 105 Å². The second kappa shape index (κ2) is 6.14. The van der Waals surface area contributed by atoms with E-state index in [2.05, 4.69) is 25.4 Å². The summed E-state index contributed by atoms with van der Waals surface area (Å²) in [5.41, 5.74) is 4.84. The van der Waals surface area contributed by atoms with Crippen LogP contribution in [0.25, 0.3) is 39.9 Å². The molecule has 148 valence electrons. The summed E-state index contributed by atoms with van der Waals surface area (Å²) in [6, 6.07) is 9.19. The molecule has 0 N–H and O–H groups in total. The third kappa shape index (κ3) is 2.47. The molecule has 0 spiro atoms. The van der Waals surface area contributed by atoms with E-state index in [0.29, 0.717) is 34.6 Å². The number of aromatic nitrogens is 7. The van der Waals surface area contributed by atoms with Gasteiger partial charge in [-0.1, -0.05) is 0 Å². The predicted octanol–water partition coefficient (Wildman–Crippen LogP) is 2.88. The van der Waals surface area contributed by atoms with E-state index < -0.39 is 0 Å². The van der Waals surface area contributed by atoms with Crippen LogP contribution in [-0.4, -0.2) is 41.4 Å². The molecule has 0 aliphatic carbocycles. The normalized spacial score (nSPS) is 12.7. The van der Waals surface area contributed by atoms with Gasteiger partial charge in [0, 0.05) is 36.1 Å². The first-order valence-corrected chi connectivity index (χ1v) is 9.25. The average molecular weight is 401 g/mol. The molecule has 4 aromatic heterocycles. The van der Waals surface area contributed by atoms with Crippen molar-refractivity contribution in [2.24, 2.45) is 7.05 Å². The van der Waals surface area contributed by atoms with Crippen molar-refractivity contribution in [2.75, 3.05) is 6.79 Å². The van der Waals surface area contributed by atoms with E-state index in [9.17, 15) is 0 Å². The molecule has 0 saturated heterocycles. The highest BCUT2D eigenvalue weighted by atomic mass is 16.7. The van der Waals surface area contributed by atoms with Crippen molar-refractivity contribution >= 4 is 5.65 Å². The van der Waals surface area contributed by atoms with Crippen LogP contribution in [0.1, 0.15) is 5.69 Å². The third-order valence-electron chi connectivity index (χ3n) is 5.13. The van der Waals surface area contributed by atoms with Crippen molar-refractivity contribution in [3.8, 4) is 45.8 Å². The number of fused-ring (bicyclic) bond motifs is 2. The Labute approximate surface area is 169 Å². The van der Waals surface area contributed by atoms with Crippen LogP contribution < -0.4 is 9.47 Å². The largest absolute Gasteiger partial charge is 0.454 e. The van der Waals surface area contributed by atoms with Gasteiger partial charge >= 0.3 is 0 Å². The molecule has 5 aromatic rings. The molecule has 10 heteroatoms. The summed E-state index contributed by atoms with van der Waals surface area (Å²) in [4.78, 5) is 4.41. The lowest BCUT2D eigenvalue weighted by atomic mass is 10.2. The van der Waals surface area contributed by atoms with Gasteiger partial charge in [0.2, 0.25) is 12.7 Å². The van der Waals surface area contributed by atoms with Gasteiger partial charge in [0.15, 0.2) is 22.8 Å². The van der Waals surface area contributed by atoms with E-state index in [0.717, 1.165) is 22.5 Å². The fourth-order valence-electron chi connectivity index (χ4n) is 3.43. The number of hydrogen-bond acceptors (Lipinski definition) is 8. The fraction of sp³-hybridized carbons (Fsp3) is 0.150. The summed E-state index contributed by atoms with van der Waals surface area (Å²) in [7, 11) is 1.90. The van der Waals surface area contributed by atoms with E-state index in [1.165, 1.54) is 0 Å². The zero-order valence-corrected chi connectivity index (χ0v) is 16.1. The van der Waals surface area contributed by atoms with Crippen molar-refractivity contribution in [2.45, 2.75) is 6.92 Å². The molecule has 0 amide bonds. The lowest BCUT2D eigenvalue weighted by Crippen LogP contribution is -1.97. The molecule has 30 heavy (non-hydrogen) atoms. The van der Waals surface area contributed by atoms with E-state index in [-0.39, 0.29) is 6.79 Å². The van der Waals surface area contributed by atoms with Crippen molar-refractivity contribution in [1.29, 1.82) is 0 Å². The standard InChI is InChI=1S/C20H15N7O3/c1-11-13(9-22-26(11)2)15-5-6-21-18-8-14(25-27(15)18)20-24-23-19(30-20)12-3-4-16-17(7-12)29-10-28-16/h3-9H,10H2,1-2H3. The minimum Gasteiger partial charge on any atom is -0.454 e. The summed E-state index contributed by atoms with van der Waals surface area (Å²) in [5.74, 6) is 2.03. The molecule has 0 atom stereocenters. The highest BCUT2D eigenvalue weighted by molar-refractivity contribution is 5.67. The zero-order valence-electron chi connectivity index (χ0n) is 16.1. The molecule has 1 aromatic carbocycles. The summed E-state index contributed by atoms with van der Waals surface area (Å²) in [6.45, 7) is 2.22. The Balaban J connectivity index is 1.41. The quantitative estimate of drug-likeness (QED) is 0.454. The van der Waals surface area contributed by atoms with Crippen molar-refractivity contribution < 1.29 is 13.9 Å². The molecule has 0 saturated carbocycles. The summed E-state index contributed by atoms with van der Waals surface area (Å²) in [6.07, 6.45) is 3.56. The Morgan fingerprint density at radius 1 is 1.00 bits per heavy atom. The molecule has 0 fully saturated rings. The zero-order chi connectivity index (χ0) is 20.2. The Kier molecular flexibility index (Phi) is 3.42. The van der Waals surface area contributed by atoms with Gasteiger partial charge in [-0.05, 0) is 31.2 Å². The Bertz CT molecular complexity index is 1420. The van der Waals surface area contributed by atoms with Crippen LogP contribution in [0.3, 0.4) is 0 Å². The highest BCUT2D eigenvalue weighted by Crippen LogP contribution is 2.36. The molecular weight excluding hydrogens is 386 g/mol. The van der Waals surface area contributed by atoms with Crippen LogP contribution in [0.15, 0.2) is 47.1 Å². The molecule has 6 rings (SSSR count). The van der Waals surface area contributed by atoms with Gasteiger partial charge in [0.05, 0.1) is 11.9 Å². The van der Waals surface area contributed by atoms with Crippen LogP contribution in [0.2, 0.25) is 0 Å². The number of ether oxygens (including phenoxy) is 2. The maximum absolute atomic E-state index is 5.88. The SMILES string of the molecule is Cc1c(-c2ccnc3cc(-c4nnc(-c5ccc6c(c5)OCO6)o4)nn23)cnn1C. The first kappa shape index (κ1) is 16.7. The van der Waals surface area contributed by atoms with Crippen LogP contribution in [0, 0.1) is 6.92 Å². The number of aryl methyl sites for hydroxylation is 1. The van der Waals surface area contributed by atoms with Crippen LogP contribution >= 0.6 is 0 Å².